The molecule has 21 heavy (non-hydrogen) atoms. The number of ether oxygens (including phenoxy) is 2. The quantitative estimate of drug-likeness (QED) is 0.555. The van der Waals surface area contributed by atoms with Crippen molar-refractivity contribution in [1.29, 1.82) is 0 Å². The Morgan fingerprint density at radius 1 is 1.38 bits per heavy atom. The molecule has 1 saturated heterocycles. The first-order valence-corrected chi connectivity index (χ1v) is 8.83. The Morgan fingerprint density at radius 3 is 2.62 bits per heavy atom. The Labute approximate surface area is 135 Å². The maximum atomic E-state index is 12.1. The standard InChI is InChI=1S/C16H25BrO4/c1-16(2)10-20-15(19)13(16)21-14(18)12(17)9-8-11-6-4-3-5-7-11/h11-13H,3-10H2,1-2H3/t12?,13-/m0/s1. The zero-order valence-electron chi connectivity index (χ0n) is 12.9. The molecule has 0 aromatic rings. The van der Waals surface area contributed by atoms with Crippen LogP contribution in [0.4, 0.5) is 0 Å². The first-order valence-electron chi connectivity index (χ1n) is 7.91. The minimum atomic E-state index is -0.778. The van der Waals surface area contributed by atoms with Gasteiger partial charge in [-0.2, -0.15) is 0 Å². The number of hydrogen-bond acceptors (Lipinski definition) is 4. The molecular weight excluding hydrogens is 336 g/mol. The highest BCUT2D eigenvalue weighted by Gasteiger charge is 2.47. The van der Waals surface area contributed by atoms with E-state index < -0.39 is 17.5 Å². The van der Waals surface area contributed by atoms with E-state index in [1.54, 1.807) is 0 Å². The monoisotopic (exact) mass is 360 g/mol. The number of halogens is 1. The predicted molar refractivity (Wildman–Crippen MR) is 83.1 cm³/mol. The second-order valence-corrected chi connectivity index (χ2v) is 8.07. The molecular formula is C16H25BrO4. The molecule has 1 aliphatic heterocycles. The number of rotatable bonds is 5. The summed E-state index contributed by atoms with van der Waals surface area (Å²) in [5, 5.41) is 0. The molecule has 0 bridgehead atoms. The van der Waals surface area contributed by atoms with Gasteiger partial charge in [-0.3, -0.25) is 4.79 Å². The molecule has 1 aliphatic carbocycles. The summed E-state index contributed by atoms with van der Waals surface area (Å²) in [6.07, 6.45) is 7.55. The maximum Gasteiger partial charge on any atom is 0.348 e. The largest absolute Gasteiger partial charge is 0.462 e. The first kappa shape index (κ1) is 16.8. The van der Waals surface area contributed by atoms with E-state index in [-0.39, 0.29) is 10.8 Å². The highest BCUT2D eigenvalue weighted by Crippen LogP contribution is 2.33. The molecule has 2 fully saturated rings. The lowest BCUT2D eigenvalue weighted by molar-refractivity contribution is -0.162. The van der Waals surface area contributed by atoms with Crippen LogP contribution in [0.3, 0.4) is 0 Å². The number of esters is 2. The van der Waals surface area contributed by atoms with Crippen molar-refractivity contribution in [2.45, 2.75) is 69.7 Å². The van der Waals surface area contributed by atoms with Crippen LogP contribution in [0.5, 0.6) is 0 Å². The van der Waals surface area contributed by atoms with Crippen LogP contribution in [0.1, 0.15) is 58.8 Å². The second kappa shape index (κ2) is 7.12. The van der Waals surface area contributed by atoms with Gasteiger partial charge in [0, 0.05) is 5.41 Å². The zero-order chi connectivity index (χ0) is 15.5. The lowest BCUT2D eigenvalue weighted by atomic mass is 9.86. The summed E-state index contributed by atoms with van der Waals surface area (Å²) >= 11 is 3.41. The van der Waals surface area contributed by atoms with Crippen molar-refractivity contribution in [2.24, 2.45) is 11.3 Å². The molecule has 0 N–H and O–H groups in total. The van der Waals surface area contributed by atoms with Crippen LogP contribution in [0.15, 0.2) is 0 Å². The fourth-order valence-corrected chi connectivity index (χ4v) is 3.47. The molecule has 4 nitrogen and oxygen atoms in total. The summed E-state index contributed by atoms with van der Waals surface area (Å²) in [6.45, 7) is 4.06. The van der Waals surface area contributed by atoms with Crippen molar-refractivity contribution >= 4 is 27.9 Å². The van der Waals surface area contributed by atoms with Gasteiger partial charge in [0.05, 0.1) is 0 Å². The Kier molecular flexibility index (Phi) is 5.69. The van der Waals surface area contributed by atoms with E-state index in [0.29, 0.717) is 6.61 Å². The molecule has 0 spiro atoms. The Bertz CT molecular complexity index is 388. The van der Waals surface area contributed by atoms with Crippen LogP contribution in [-0.4, -0.2) is 29.5 Å². The third-order valence-electron chi connectivity index (χ3n) is 4.55. The van der Waals surface area contributed by atoms with Gasteiger partial charge in [-0.1, -0.05) is 61.9 Å². The third kappa shape index (κ3) is 4.44. The molecule has 1 heterocycles. The Morgan fingerprint density at radius 2 is 2.05 bits per heavy atom. The van der Waals surface area contributed by atoms with Crippen molar-refractivity contribution in [2.75, 3.05) is 6.61 Å². The summed E-state index contributed by atoms with van der Waals surface area (Å²) in [7, 11) is 0. The fraction of sp³-hybridized carbons (Fsp3) is 0.875. The number of hydrogen-bond donors (Lipinski definition) is 0. The summed E-state index contributed by atoms with van der Waals surface area (Å²) in [5.41, 5.74) is -0.442. The van der Waals surface area contributed by atoms with Crippen molar-refractivity contribution in [3.63, 3.8) is 0 Å². The summed E-state index contributed by atoms with van der Waals surface area (Å²) < 4.78 is 10.4. The van der Waals surface area contributed by atoms with Crippen LogP contribution in [0, 0.1) is 11.3 Å². The topological polar surface area (TPSA) is 52.6 Å². The molecule has 0 amide bonds. The molecule has 2 atom stereocenters. The molecule has 1 saturated carbocycles. The van der Waals surface area contributed by atoms with Gasteiger partial charge in [0.15, 0.2) is 0 Å². The van der Waals surface area contributed by atoms with E-state index in [1.165, 1.54) is 32.1 Å². The molecule has 5 heteroatoms. The highest BCUT2D eigenvalue weighted by molar-refractivity contribution is 9.10. The second-order valence-electron chi connectivity index (χ2n) is 6.96. The maximum absolute atomic E-state index is 12.1. The van der Waals surface area contributed by atoms with Crippen molar-refractivity contribution in [3.05, 3.63) is 0 Å². The lowest BCUT2D eigenvalue weighted by Crippen LogP contribution is -2.37. The van der Waals surface area contributed by atoms with Gasteiger partial charge in [-0.05, 0) is 18.8 Å². The minimum Gasteiger partial charge on any atom is -0.462 e. The van der Waals surface area contributed by atoms with Crippen molar-refractivity contribution in [3.8, 4) is 0 Å². The van der Waals surface area contributed by atoms with E-state index in [2.05, 4.69) is 15.9 Å². The Balaban J connectivity index is 1.78. The number of alkyl halides is 1. The summed E-state index contributed by atoms with van der Waals surface area (Å²) in [6, 6.07) is 0. The summed E-state index contributed by atoms with van der Waals surface area (Å²) in [5.74, 6) is -0.0393. The van der Waals surface area contributed by atoms with E-state index in [1.807, 2.05) is 13.8 Å². The summed E-state index contributed by atoms with van der Waals surface area (Å²) in [4.78, 5) is 23.4. The fourth-order valence-electron chi connectivity index (χ4n) is 3.10. The highest BCUT2D eigenvalue weighted by atomic mass is 79.9. The van der Waals surface area contributed by atoms with E-state index in [4.69, 9.17) is 9.47 Å². The molecule has 0 radical (unpaired) electrons. The van der Waals surface area contributed by atoms with Gasteiger partial charge in [0.1, 0.15) is 11.4 Å². The minimum absolute atomic E-state index is 0.304. The van der Waals surface area contributed by atoms with Gasteiger partial charge >= 0.3 is 11.9 Å². The zero-order valence-corrected chi connectivity index (χ0v) is 14.5. The lowest BCUT2D eigenvalue weighted by Gasteiger charge is -2.24. The molecule has 2 rings (SSSR count). The molecule has 1 unspecified atom stereocenters. The normalized spacial score (nSPS) is 27.2. The van der Waals surface area contributed by atoms with Crippen molar-refractivity contribution in [1.82, 2.24) is 0 Å². The molecule has 0 aromatic heterocycles. The average Bonchev–Trinajstić information content (AvgIpc) is 2.72. The van der Waals surface area contributed by atoms with Crippen LogP contribution in [-0.2, 0) is 19.1 Å². The van der Waals surface area contributed by atoms with E-state index >= 15 is 0 Å². The van der Waals surface area contributed by atoms with Gasteiger partial charge in [-0.15, -0.1) is 0 Å². The van der Waals surface area contributed by atoms with Crippen LogP contribution in [0.25, 0.3) is 0 Å². The van der Waals surface area contributed by atoms with Gasteiger partial charge < -0.3 is 9.47 Å². The predicted octanol–water partition coefficient (Wildman–Crippen LogP) is 3.61. The van der Waals surface area contributed by atoms with Gasteiger partial charge in [-0.25, -0.2) is 4.79 Å². The third-order valence-corrected chi connectivity index (χ3v) is 5.38. The number of carbonyl (C=O) groups is 2. The van der Waals surface area contributed by atoms with Crippen LogP contribution >= 0.6 is 15.9 Å². The number of cyclic esters (lactones) is 1. The Hall–Kier alpha value is -0.580. The first-order chi connectivity index (χ1) is 9.90. The SMILES string of the molecule is CC1(C)COC(=O)[C@@H]1OC(=O)C(Br)CCC1CCCCC1. The molecule has 2 aliphatic rings. The van der Waals surface area contributed by atoms with Gasteiger partial charge in [0.2, 0.25) is 6.10 Å². The van der Waals surface area contributed by atoms with Gasteiger partial charge in [0.25, 0.3) is 0 Å². The molecule has 0 aromatic carbocycles. The van der Waals surface area contributed by atoms with Crippen molar-refractivity contribution < 1.29 is 19.1 Å². The number of carbonyl (C=O) groups excluding carboxylic acids is 2. The average molecular weight is 361 g/mol. The molecule has 120 valence electrons. The van der Waals surface area contributed by atoms with Crippen LogP contribution in [0.2, 0.25) is 0 Å². The van der Waals surface area contributed by atoms with E-state index in [0.717, 1.165) is 18.8 Å². The van der Waals surface area contributed by atoms with E-state index in [9.17, 15) is 9.59 Å². The van der Waals surface area contributed by atoms with Crippen LogP contribution < -0.4 is 0 Å². The smallest absolute Gasteiger partial charge is 0.348 e.